The third-order valence-corrected chi connectivity index (χ3v) is 7.51. The van der Waals surface area contributed by atoms with Crippen LogP contribution in [-0.4, -0.2) is 36.9 Å². The van der Waals surface area contributed by atoms with Gasteiger partial charge in [0.15, 0.2) is 0 Å². The van der Waals surface area contributed by atoms with Crippen molar-refractivity contribution >= 4 is 18.0 Å². The fourth-order valence-electron chi connectivity index (χ4n) is 5.16. The molecular formula is C43H67FN2O3. The maximum atomic E-state index is 13.7. The van der Waals surface area contributed by atoms with E-state index < -0.39 is 0 Å². The van der Waals surface area contributed by atoms with E-state index in [1.165, 1.54) is 36.0 Å². The second-order valence-corrected chi connectivity index (χ2v) is 11.2. The first-order valence-corrected chi connectivity index (χ1v) is 18.1. The normalized spacial score (nSPS) is 19.1. The summed E-state index contributed by atoms with van der Waals surface area (Å²) in [6.45, 7) is 23.9. The molecule has 4 rings (SSSR count). The molecule has 1 N–H and O–H groups in total. The molecule has 0 aromatic heterocycles. The van der Waals surface area contributed by atoms with Gasteiger partial charge in [-0.15, -0.1) is 6.58 Å². The van der Waals surface area contributed by atoms with Gasteiger partial charge in [0.2, 0.25) is 0 Å². The standard InChI is InChI=1S/C29H34FNO2.C5H11N.C3H6.C2H4O.2C2H6/c1-3-26-19-24(22-9-6-4-5-7-10-22)20-28(23-12-14-25(30)15-13-23)31(26)16-8-11-27-17-21(2)18-29(32)33-27;1-4-5(2)6-3;1-3-2;1-2-3;2*1-2/h4-7,9,12-15,19-21,24,27H,3,8,10-11,16-18H2,1-2H3;4,6H,1-3H3;3H,1H2,2H3;2H,1H3;2*1-2H3/b;5-4+;;;;. The number of rotatable bonds is 8. The first-order chi connectivity index (χ1) is 23.7. The van der Waals surface area contributed by atoms with Crippen LogP contribution in [0.3, 0.4) is 0 Å². The van der Waals surface area contributed by atoms with Crippen molar-refractivity contribution in [2.75, 3.05) is 13.6 Å². The van der Waals surface area contributed by atoms with Gasteiger partial charge in [-0.05, 0) is 102 Å². The Kier molecular flexibility index (Phi) is 29.0. The molecule has 3 aliphatic rings. The monoisotopic (exact) mass is 679 g/mol. The van der Waals surface area contributed by atoms with Crippen LogP contribution in [0.1, 0.15) is 113 Å². The van der Waals surface area contributed by atoms with Crippen LogP contribution in [0.2, 0.25) is 0 Å². The predicted octanol–water partition coefficient (Wildman–Crippen LogP) is 11.5. The van der Waals surface area contributed by atoms with Crippen molar-refractivity contribution in [3.05, 3.63) is 114 Å². The maximum Gasteiger partial charge on any atom is 0.306 e. The van der Waals surface area contributed by atoms with E-state index in [0.29, 0.717) is 12.3 Å². The van der Waals surface area contributed by atoms with Gasteiger partial charge in [0.25, 0.3) is 0 Å². The Bertz CT molecular complexity index is 1230. The highest BCUT2D eigenvalue weighted by atomic mass is 19.1. The highest BCUT2D eigenvalue weighted by Gasteiger charge is 2.27. The van der Waals surface area contributed by atoms with Crippen molar-refractivity contribution in [1.82, 2.24) is 10.2 Å². The highest BCUT2D eigenvalue weighted by molar-refractivity contribution is 5.70. The van der Waals surface area contributed by atoms with Gasteiger partial charge in [-0.25, -0.2) is 4.39 Å². The molecule has 49 heavy (non-hydrogen) atoms. The fourth-order valence-corrected chi connectivity index (χ4v) is 5.16. The summed E-state index contributed by atoms with van der Waals surface area (Å²) in [5.41, 5.74) is 6.02. The zero-order valence-corrected chi connectivity index (χ0v) is 32.5. The summed E-state index contributed by atoms with van der Waals surface area (Å²) in [7, 11) is 1.91. The summed E-state index contributed by atoms with van der Waals surface area (Å²) in [6.07, 6.45) is 25.0. The zero-order valence-electron chi connectivity index (χ0n) is 32.5. The molecule has 0 radical (unpaired) electrons. The van der Waals surface area contributed by atoms with Crippen LogP contribution in [0.4, 0.5) is 4.39 Å². The van der Waals surface area contributed by atoms with E-state index in [-0.39, 0.29) is 23.8 Å². The van der Waals surface area contributed by atoms with Gasteiger partial charge < -0.3 is 19.7 Å². The molecule has 0 amide bonds. The van der Waals surface area contributed by atoms with E-state index in [9.17, 15) is 9.18 Å². The Labute approximate surface area is 299 Å². The summed E-state index contributed by atoms with van der Waals surface area (Å²) >= 11 is 0. The molecule has 0 bridgehead atoms. The number of ether oxygens (including phenoxy) is 1. The molecule has 2 heterocycles. The predicted molar refractivity (Wildman–Crippen MR) is 210 cm³/mol. The van der Waals surface area contributed by atoms with Crippen LogP contribution in [0.15, 0.2) is 102 Å². The first kappa shape index (κ1) is 47.2. The summed E-state index contributed by atoms with van der Waals surface area (Å²) in [4.78, 5) is 23.0. The van der Waals surface area contributed by atoms with Gasteiger partial charge in [-0.2, -0.15) is 0 Å². The molecule has 0 spiro atoms. The van der Waals surface area contributed by atoms with E-state index in [1.54, 1.807) is 6.08 Å². The molecule has 3 unspecified atom stereocenters. The lowest BCUT2D eigenvalue weighted by molar-refractivity contribution is -0.156. The fraction of sp³-hybridized carbons (Fsp3) is 0.488. The van der Waals surface area contributed by atoms with E-state index in [2.05, 4.69) is 73.2 Å². The number of cyclic esters (lactones) is 1. The van der Waals surface area contributed by atoms with Crippen molar-refractivity contribution in [3.8, 4) is 0 Å². The summed E-state index contributed by atoms with van der Waals surface area (Å²) in [5.74, 6) is 0.312. The minimum atomic E-state index is -0.223. The lowest BCUT2D eigenvalue weighted by atomic mass is 9.88. The van der Waals surface area contributed by atoms with E-state index in [0.717, 1.165) is 56.2 Å². The smallest absolute Gasteiger partial charge is 0.306 e. The second-order valence-electron chi connectivity index (χ2n) is 11.2. The molecule has 1 saturated heterocycles. The summed E-state index contributed by atoms with van der Waals surface area (Å²) < 4.78 is 19.3. The molecule has 5 nitrogen and oxygen atoms in total. The largest absolute Gasteiger partial charge is 0.462 e. The number of halogens is 1. The maximum absolute atomic E-state index is 13.7. The Morgan fingerprint density at radius 1 is 1.06 bits per heavy atom. The molecule has 0 saturated carbocycles. The van der Waals surface area contributed by atoms with E-state index in [4.69, 9.17) is 9.53 Å². The Morgan fingerprint density at radius 2 is 1.67 bits per heavy atom. The SMILES string of the molecule is C/C=C(\C)NC.C=CC.CC.CC.CC=O.CCC1=CC(C2=CC=CC=CC2)C=C(c2ccc(F)cc2)N1CCCC1CC(C)CC(=O)O1. The number of aldehydes is 1. The van der Waals surface area contributed by atoms with Crippen molar-refractivity contribution in [2.45, 2.75) is 114 Å². The molecule has 2 aliphatic heterocycles. The van der Waals surface area contributed by atoms with Crippen LogP contribution in [0.25, 0.3) is 5.70 Å². The van der Waals surface area contributed by atoms with Crippen molar-refractivity contribution in [1.29, 1.82) is 0 Å². The van der Waals surface area contributed by atoms with Gasteiger partial charge in [0.05, 0.1) is 0 Å². The van der Waals surface area contributed by atoms with Gasteiger partial charge in [-0.3, -0.25) is 4.79 Å². The minimum Gasteiger partial charge on any atom is -0.462 e. The average Bonchev–Trinajstić information content (AvgIpc) is 3.40. The number of carbonyl (C=O) groups excluding carboxylic acids is 2. The molecule has 274 valence electrons. The second kappa shape index (κ2) is 30.2. The number of carbonyl (C=O) groups is 2. The Balaban J connectivity index is 0. The van der Waals surface area contributed by atoms with Crippen LogP contribution in [0, 0.1) is 17.7 Å². The van der Waals surface area contributed by atoms with Crippen molar-refractivity contribution in [2.24, 2.45) is 11.8 Å². The van der Waals surface area contributed by atoms with Crippen molar-refractivity contribution < 1.29 is 18.7 Å². The zero-order chi connectivity index (χ0) is 37.6. The first-order valence-electron chi connectivity index (χ1n) is 18.1. The third kappa shape index (κ3) is 19.6. The molecule has 1 aromatic rings. The van der Waals surface area contributed by atoms with Crippen LogP contribution < -0.4 is 5.32 Å². The lowest BCUT2D eigenvalue weighted by Crippen LogP contribution is -2.31. The van der Waals surface area contributed by atoms with Crippen LogP contribution >= 0.6 is 0 Å². The number of allylic oxidation sites excluding steroid dienone is 12. The number of hydrogen-bond donors (Lipinski definition) is 1. The van der Waals surface area contributed by atoms with Crippen molar-refractivity contribution in [3.63, 3.8) is 0 Å². The van der Waals surface area contributed by atoms with Gasteiger partial charge in [-0.1, -0.05) is 95.7 Å². The number of hydrogen-bond acceptors (Lipinski definition) is 5. The number of nitrogens with one attached hydrogen (secondary N) is 1. The molecule has 3 atom stereocenters. The number of benzene rings is 1. The number of nitrogens with zero attached hydrogens (tertiary/aromatic N) is 1. The van der Waals surface area contributed by atoms with Crippen LogP contribution in [-0.2, 0) is 14.3 Å². The lowest BCUT2D eigenvalue weighted by Gasteiger charge is -2.36. The molecule has 1 fully saturated rings. The molecule has 1 aliphatic carbocycles. The van der Waals surface area contributed by atoms with Gasteiger partial charge in [0, 0.05) is 43.0 Å². The van der Waals surface area contributed by atoms with Crippen LogP contribution in [0.5, 0.6) is 0 Å². The molecule has 6 heteroatoms. The minimum absolute atomic E-state index is 0.0146. The van der Waals surface area contributed by atoms with E-state index >= 15 is 0 Å². The Morgan fingerprint density at radius 3 is 2.18 bits per heavy atom. The van der Waals surface area contributed by atoms with E-state index in [1.807, 2.05) is 73.7 Å². The Hall–Kier alpha value is -3.93. The topological polar surface area (TPSA) is 58.6 Å². The average molecular weight is 679 g/mol. The number of esters is 1. The summed E-state index contributed by atoms with van der Waals surface area (Å²) in [6, 6.07) is 6.81. The van der Waals surface area contributed by atoms with Gasteiger partial charge >= 0.3 is 5.97 Å². The summed E-state index contributed by atoms with van der Waals surface area (Å²) in [5, 5.41) is 2.98. The third-order valence-electron chi connectivity index (χ3n) is 7.51. The molecule has 1 aromatic carbocycles. The van der Waals surface area contributed by atoms with Gasteiger partial charge in [0.1, 0.15) is 18.2 Å². The molecular weight excluding hydrogens is 611 g/mol. The quantitative estimate of drug-likeness (QED) is 0.168. The highest BCUT2D eigenvalue weighted by Crippen LogP contribution is 2.36.